The maximum absolute atomic E-state index is 11.6. The molecule has 0 aliphatic carbocycles. The Kier molecular flexibility index (Phi) is 4.78. The Morgan fingerprint density at radius 3 is 2.14 bits per heavy atom. The highest BCUT2D eigenvalue weighted by Gasteiger charge is 2.06. The number of ether oxygens (including phenoxy) is 3. The number of carbonyl (C=O) groups is 1. The number of benzene rings is 2. The first-order valence-electron chi connectivity index (χ1n) is 6.19. The third kappa shape index (κ3) is 4.25. The van der Waals surface area contributed by atoms with Crippen LogP contribution < -0.4 is 14.2 Å². The summed E-state index contributed by atoms with van der Waals surface area (Å²) in [5, 5.41) is 8.67. The minimum Gasteiger partial charge on any atom is -0.497 e. The summed E-state index contributed by atoms with van der Waals surface area (Å²) in [6.45, 7) is -0.202. The zero-order valence-electron chi connectivity index (χ0n) is 11.4. The molecule has 0 radical (unpaired) electrons. The van der Waals surface area contributed by atoms with Gasteiger partial charge in [-0.1, -0.05) is 0 Å². The summed E-state index contributed by atoms with van der Waals surface area (Å²) in [5.41, 5.74) is 0.504. The number of methoxy groups -OCH3 is 1. The van der Waals surface area contributed by atoms with Gasteiger partial charge in [-0.2, -0.15) is 5.26 Å². The molecule has 0 saturated heterocycles. The Labute approximate surface area is 122 Å². The highest BCUT2D eigenvalue weighted by molar-refractivity contribution is 5.74. The van der Waals surface area contributed by atoms with Crippen LogP contribution in [0.4, 0.5) is 0 Å². The van der Waals surface area contributed by atoms with Crippen LogP contribution in [0.5, 0.6) is 17.2 Å². The van der Waals surface area contributed by atoms with Crippen molar-refractivity contribution < 1.29 is 19.0 Å². The number of carbonyl (C=O) groups excluding carboxylic acids is 1. The molecule has 0 bridgehead atoms. The van der Waals surface area contributed by atoms with E-state index in [-0.39, 0.29) is 6.61 Å². The minimum absolute atomic E-state index is 0.202. The highest BCUT2D eigenvalue weighted by Crippen LogP contribution is 2.17. The van der Waals surface area contributed by atoms with Gasteiger partial charge < -0.3 is 14.2 Å². The first kappa shape index (κ1) is 14.4. The van der Waals surface area contributed by atoms with Gasteiger partial charge in [0.2, 0.25) is 0 Å². The average molecular weight is 283 g/mol. The van der Waals surface area contributed by atoms with E-state index in [0.29, 0.717) is 22.8 Å². The van der Waals surface area contributed by atoms with E-state index in [1.54, 1.807) is 55.6 Å². The number of nitriles is 1. The normalized spacial score (nSPS) is 9.52. The summed E-state index contributed by atoms with van der Waals surface area (Å²) < 4.78 is 15.4. The first-order chi connectivity index (χ1) is 10.2. The molecular formula is C16H13NO4. The summed E-state index contributed by atoms with van der Waals surface area (Å²) in [4.78, 5) is 11.6. The molecule has 2 aromatic carbocycles. The molecule has 0 fully saturated rings. The van der Waals surface area contributed by atoms with Crippen LogP contribution in [0.1, 0.15) is 5.56 Å². The van der Waals surface area contributed by atoms with Gasteiger partial charge in [0.25, 0.3) is 0 Å². The molecule has 5 nitrogen and oxygen atoms in total. The fourth-order valence-corrected chi connectivity index (χ4v) is 1.57. The minimum atomic E-state index is -0.518. The van der Waals surface area contributed by atoms with E-state index < -0.39 is 5.97 Å². The van der Waals surface area contributed by atoms with Crippen LogP contribution in [-0.4, -0.2) is 19.7 Å². The Hall–Kier alpha value is -3.00. The molecule has 2 rings (SSSR count). The predicted octanol–water partition coefficient (Wildman–Crippen LogP) is 2.55. The van der Waals surface area contributed by atoms with Crippen LogP contribution in [0.25, 0.3) is 0 Å². The second kappa shape index (κ2) is 6.96. The molecule has 0 unspecified atom stereocenters. The van der Waals surface area contributed by atoms with Gasteiger partial charge in [-0.15, -0.1) is 0 Å². The van der Waals surface area contributed by atoms with Gasteiger partial charge in [0.15, 0.2) is 6.61 Å². The fraction of sp³-hybridized carbons (Fsp3) is 0.125. The molecule has 0 N–H and O–H groups in total. The maximum atomic E-state index is 11.6. The molecule has 0 atom stereocenters. The van der Waals surface area contributed by atoms with Crippen molar-refractivity contribution in [2.24, 2.45) is 0 Å². The van der Waals surface area contributed by atoms with Crippen molar-refractivity contribution in [2.45, 2.75) is 0 Å². The van der Waals surface area contributed by atoms with E-state index in [1.807, 2.05) is 6.07 Å². The molecule has 2 aromatic rings. The standard InChI is InChI=1S/C16H13NO4/c1-19-13-6-8-14(9-7-13)20-11-16(18)21-15-4-2-12(10-17)3-5-15/h2-9H,11H2,1H3. The first-order valence-corrected chi connectivity index (χ1v) is 6.19. The molecule has 0 aliphatic rings. The van der Waals surface area contributed by atoms with E-state index in [9.17, 15) is 4.79 Å². The molecule has 0 amide bonds. The van der Waals surface area contributed by atoms with Crippen molar-refractivity contribution in [1.82, 2.24) is 0 Å². The van der Waals surface area contributed by atoms with Crippen molar-refractivity contribution in [3.63, 3.8) is 0 Å². The van der Waals surface area contributed by atoms with Gasteiger partial charge in [-0.3, -0.25) is 0 Å². The Morgan fingerprint density at radius 2 is 1.57 bits per heavy atom. The number of hydrogen-bond acceptors (Lipinski definition) is 5. The topological polar surface area (TPSA) is 68.6 Å². The van der Waals surface area contributed by atoms with Gasteiger partial charge in [0, 0.05) is 0 Å². The molecule has 0 spiro atoms. The molecule has 0 heterocycles. The second-order valence-electron chi connectivity index (χ2n) is 4.07. The Bertz CT molecular complexity index is 641. The summed E-state index contributed by atoms with van der Waals surface area (Å²) in [6.07, 6.45) is 0. The van der Waals surface area contributed by atoms with Crippen LogP contribution in [0.2, 0.25) is 0 Å². The number of nitrogens with zero attached hydrogens (tertiary/aromatic N) is 1. The van der Waals surface area contributed by atoms with Crippen molar-refractivity contribution in [1.29, 1.82) is 5.26 Å². The van der Waals surface area contributed by atoms with E-state index in [0.717, 1.165) is 0 Å². The lowest BCUT2D eigenvalue weighted by molar-refractivity contribution is -0.136. The average Bonchev–Trinajstić information content (AvgIpc) is 2.54. The van der Waals surface area contributed by atoms with Crippen molar-refractivity contribution in [3.8, 4) is 23.3 Å². The van der Waals surface area contributed by atoms with Crippen LogP contribution in [0, 0.1) is 11.3 Å². The van der Waals surface area contributed by atoms with E-state index in [1.165, 1.54) is 0 Å². The van der Waals surface area contributed by atoms with Crippen LogP contribution in [0.15, 0.2) is 48.5 Å². The van der Waals surface area contributed by atoms with Gasteiger partial charge in [0.05, 0.1) is 18.7 Å². The third-order valence-corrected chi connectivity index (χ3v) is 2.63. The second-order valence-corrected chi connectivity index (χ2v) is 4.07. The largest absolute Gasteiger partial charge is 0.497 e. The highest BCUT2D eigenvalue weighted by atomic mass is 16.6. The SMILES string of the molecule is COc1ccc(OCC(=O)Oc2ccc(C#N)cc2)cc1. The quantitative estimate of drug-likeness (QED) is 0.623. The van der Waals surface area contributed by atoms with Gasteiger partial charge >= 0.3 is 5.97 Å². The summed E-state index contributed by atoms with van der Waals surface area (Å²) in [6, 6.07) is 15.1. The van der Waals surface area contributed by atoms with Crippen molar-refractivity contribution in [2.75, 3.05) is 13.7 Å². The number of hydrogen-bond donors (Lipinski definition) is 0. The number of esters is 1. The Morgan fingerprint density at radius 1 is 1.00 bits per heavy atom. The predicted molar refractivity (Wildman–Crippen MR) is 75.3 cm³/mol. The van der Waals surface area contributed by atoms with E-state index in [4.69, 9.17) is 19.5 Å². The lowest BCUT2D eigenvalue weighted by Crippen LogP contribution is -2.17. The van der Waals surface area contributed by atoms with Crippen molar-refractivity contribution >= 4 is 5.97 Å². The molecule has 5 heteroatoms. The zero-order chi connectivity index (χ0) is 15.1. The smallest absolute Gasteiger partial charge is 0.349 e. The number of rotatable bonds is 5. The molecule has 0 aromatic heterocycles. The zero-order valence-corrected chi connectivity index (χ0v) is 11.4. The summed E-state index contributed by atoms with van der Waals surface area (Å²) in [5.74, 6) is 1.11. The lowest BCUT2D eigenvalue weighted by atomic mass is 10.2. The summed E-state index contributed by atoms with van der Waals surface area (Å²) in [7, 11) is 1.57. The van der Waals surface area contributed by atoms with Crippen LogP contribution >= 0.6 is 0 Å². The van der Waals surface area contributed by atoms with E-state index in [2.05, 4.69) is 0 Å². The van der Waals surface area contributed by atoms with Gasteiger partial charge in [-0.25, -0.2) is 4.79 Å². The van der Waals surface area contributed by atoms with Crippen LogP contribution in [0.3, 0.4) is 0 Å². The molecule has 0 saturated carbocycles. The summed E-state index contributed by atoms with van der Waals surface area (Å²) >= 11 is 0. The Balaban J connectivity index is 1.85. The molecule has 106 valence electrons. The van der Waals surface area contributed by atoms with E-state index >= 15 is 0 Å². The fourth-order valence-electron chi connectivity index (χ4n) is 1.57. The molecule has 0 aliphatic heterocycles. The maximum Gasteiger partial charge on any atom is 0.349 e. The van der Waals surface area contributed by atoms with Crippen molar-refractivity contribution in [3.05, 3.63) is 54.1 Å². The molecular weight excluding hydrogens is 270 g/mol. The monoisotopic (exact) mass is 283 g/mol. The van der Waals surface area contributed by atoms with Crippen LogP contribution in [-0.2, 0) is 4.79 Å². The lowest BCUT2D eigenvalue weighted by Gasteiger charge is -2.07. The third-order valence-electron chi connectivity index (χ3n) is 2.63. The van der Waals surface area contributed by atoms with Gasteiger partial charge in [0.1, 0.15) is 17.2 Å². The van der Waals surface area contributed by atoms with Gasteiger partial charge in [-0.05, 0) is 48.5 Å². The molecule has 21 heavy (non-hydrogen) atoms.